The maximum atomic E-state index is 12.6. The lowest BCUT2D eigenvalue weighted by molar-refractivity contribution is -0.113. The Labute approximate surface area is 198 Å². The molecule has 0 spiro atoms. The molecule has 0 bridgehead atoms. The molecule has 4 aromatic rings. The van der Waals surface area contributed by atoms with Crippen molar-refractivity contribution in [3.8, 4) is 10.7 Å². The second-order valence-corrected chi connectivity index (χ2v) is 9.99. The number of aromatic nitrogens is 3. The van der Waals surface area contributed by atoms with Crippen molar-refractivity contribution in [1.29, 1.82) is 0 Å². The number of hydrogen-bond acceptors (Lipinski definition) is 6. The van der Waals surface area contributed by atoms with Gasteiger partial charge in [0.05, 0.1) is 29.1 Å². The van der Waals surface area contributed by atoms with Crippen LogP contribution in [-0.2, 0) is 11.3 Å². The number of hydrogen-bond donors (Lipinski definition) is 1. The van der Waals surface area contributed by atoms with Crippen LogP contribution in [0.3, 0.4) is 0 Å². The third-order valence-electron chi connectivity index (χ3n) is 4.14. The van der Waals surface area contributed by atoms with Gasteiger partial charge in [-0.15, -0.1) is 21.5 Å². The lowest BCUT2D eigenvalue weighted by Gasteiger charge is -2.11. The fourth-order valence-corrected chi connectivity index (χ4v) is 5.88. The van der Waals surface area contributed by atoms with Crippen LogP contribution < -0.4 is 5.32 Å². The molecule has 3 aromatic heterocycles. The average Bonchev–Trinajstić information content (AvgIpc) is 3.45. The maximum Gasteiger partial charge on any atom is 0.234 e. The van der Waals surface area contributed by atoms with Gasteiger partial charge in [0.15, 0.2) is 11.0 Å². The number of furan rings is 1. The van der Waals surface area contributed by atoms with E-state index >= 15 is 0 Å². The molecule has 0 aliphatic heterocycles. The van der Waals surface area contributed by atoms with Crippen LogP contribution in [0.2, 0.25) is 0 Å². The van der Waals surface area contributed by atoms with Crippen LogP contribution in [0.1, 0.15) is 11.3 Å². The summed E-state index contributed by atoms with van der Waals surface area (Å²) in [5, 5.41) is 14.3. The Bertz CT molecular complexity index is 1130. The predicted molar refractivity (Wildman–Crippen MR) is 127 cm³/mol. The Hall–Kier alpha value is -1.88. The number of halogens is 2. The van der Waals surface area contributed by atoms with Gasteiger partial charge in [-0.1, -0.05) is 17.8 Å². The van der Waals surface area contributed by atoms with Crippen molar-refractivity contribution in [2.45, 2.75) is 18.6 Å². The minimum absolute atomic E-state index is 0.129. The second kappa shape index (κ2) is 9.51. The Morgan fingerprint density at radius 1 is 1.23 bits per heavy atom. The molecule has 10 heteroatoms. The summed E-state index contributed by atoms with van der Waals surface area (Å²) in [7, 11) is 0. The van der Waals surface area contributed by atoms with Gasteiger partial charge in [-0.3, -0.25) is 9.36 Å². The number of nitrogens with zero attached hydrogens (tertiary/aromatic N) is 3. The number of amides is 1. The van der Waals surface area contributed by atoms with Gasteiger partial charge >= 0.3 is 0 Å². The van der Waals surface area contributed by atoms with Crippen LogP contribution in [0, 0.1) is 6.92 Å². The molecule has 1 aromatic carbocycles. The molecule has 6 nitrogen and oxygen atoms in total. The Kier molecular flexibility index (Phi) is 6.77. The van der Waals surface area contributed by atoms with Gasteiger partial charge in [0, 0.05) is 8.95 Å². The fraction of sp³-hybridized carbons (Fsp3) is 0.150. The van der Waals surface area contributed by atoms with Gasteiger partial charge in [0.25, 0.3) is 0 Å². The van der Waals surface area contributed by atoms with Gasteiger partial charge in [-0.05, 0) is 80.1 Å². The lowest BCUT2D eigenvalue weighted by atomic mass is 10.2. The van der Waals surface area contributed by atoms with Gasteiger partial charge in [-0.25, -0.2) is 0 Å². The lowest BCUT2D eigenvalue weighted by Crippen LogP contribution is -2.15. The number of rotatable bonds is 7. The zero-order valence-corrected chi connectivity index (χ0v) is 20.6. The van der Waals surface area contributed by atoms with Crippen LogP contribution in [0.25, 0.3) is 10.7 Å². The zero-order valence-electron chi connectivity index (χ0n) is 15.8. The van der Waals surface area contributed by atoms with Crippen molar-refractivity contribution < 1.29 is 9.21 Å². The molecule has 1 N–H and O–H groups in total. The SMILES string of the molecule is Cc1cc(Br)c(NC(=O)CSc2nnc(-c3cccs3)n2Cc2ccco2)c(Br)c1. The molecule has 4 rings (SSSR count). The molecule has 0 atom stereocenters. The summed E-state index contributed by atoms with van der Waals surface area (Å²) < 4.78 is 9.13. The Morgan fingerprint density at radius 3 is 2.70 bits per heavy atom. The first-order valence-electron chi connectivity index (χ1n) is 8.89. The summed E-state index contributed by atoms with van der Waals surface area (Å²) in [6.45, 7) is 2.49. The first-order valence-corrected chi connectivity index (χ1v) is 12.3. The largest absolute Gasteiger partial charge is 0.467 e. The molecule has 0 unspecified atom stereocenters. The smallest absolute Gasteiger partial charge is 0.234 e. The quantitative estimate of drug-likeness (QED) is 0.269. The van der Waals surface area contributed by atoms with E-state index in [0.717, 1.165) is 31.0 Å². The number of benzene rings is 1. The van der Waals surface area contributed by atoms with Crippen molar-refractivity contribution in [1.82, 2.24) is 14.8 Å². The van der Waals surface area contributed by atoms with E-state index in [1.54, 1.807) is 17.6 Å². The summed E-state index contributed by atoms with van der Waals surface area (Å²) in [6, 6.07) is 11.7. The molecular formula is C20H16Br2N4O2S2. The molecule has 0 aliphatic rings. The highest BCUT2D eigenvalue weighted by atomic mass is 79.9. The summed E-state index contributed by atoms with van der Waals surface area (Å²) in [5.41, 5.74) is 1.80. The molecule has 30 heavy (non-hydrogen) atoms. The van der Waals surface area contributed by atoms with Crippen LogP contribution in [-0.4, -0.2) is 26.4 Å². The Morgan fingerprint density at radius 2 is 2.03 bits per heavy atom. The molecular weight excluding hydrogens is 552 g/mol. The van der Waals surface area contributed by atoms with E-state index in [9.17, 15) is 4.79 Å². The zero-order chi connectivity index (χ0) is 21.1. The number of thioether (sulfide) groups is 1. The standard InChI is InChI=1S/C20H16Br2N4O2S2/c1-12-8-14(21)18(15(22)9-12)23-17(27)11-30-20-25-24-19(16-5-3-7-29-16)26(20)10-13-4-2-6-28-13/h2-9H,10-11H2,1H3,(H,23,27). The van der Waals surface area contributed by atoms with E-state index in [2.05, 4.69) is 47.4 Å². The van der Waals surface area contributed by atoms with E-state index in [-0.39, 0.29) is 11.7 Å². The number of nitrogens with one attached hydrogen (secondary N) is 1. The molecule has 0 fully saturated rings. The number of aryl methyl sites for hydroxylation is 1. The van der Waals surface area contributed by atoms with Gasteiger partial charge in [0.1, 0.15) is 5.76 Å². The van der Waals surface area contributed by atoms with E-state index in [1.807, 2.05) is 53.3 Å². The number of carbonyl (C=O) groups excluding carboxylic acids is 1. The van der Waals surface area contributed by atoms with Crippen molar-refractivity contribution in [3.63, 3.8) is 0 Å². The molecule has 0 saturated carbocycles. The topological polar surface area (TPSA) is 73.0 Å². The van der Waals surface area contributed by atoms with Crippen LogP contribution in [0.4, 0.5) is 5.69 Å². The molecule has 0 aliphatic carbocycles. The van der Waals surface area contributed by atoms with Crippen LogP contribution in [0.5, 0.6) is 0 Å². The number of carbonyl (C=O) groups is 1. The van der Waals surface area contributed by atoms with E-state index in [0.29, 0.717) is 17.4 Å². The number of thiophene rings is 1. The van der Waals surface area contributed by atoms with Crippen molar-refractivity contribution >= 4 is 66.6 Å². The van der Waals surface area contributed by atoms with Crippen molar-refractivity contribution in [2.24, 2.45) is 0 Å². The highest BCUT2D eigenvalue weighted by Gasteiger charge is 2.18. The molecule has 0 radical (unpaired) electrons. The molecule has 0 saturated heterocycles. The van der Waals surface area contributed by atoms with E-state index < -0.39 is 0 Å². The Balaban J connectivity index is 1.51. The predicted octanol–water partition coefficient (Wildman–Crippen LogP) is 6.21. The molecule has 3 heterocycles. The minimum atomic E-state index is -0.129. The highest BCUT2D eigenvalue weighted by molar-refractivity contribution is 9.11. The summed E-state index contributed by atoms with van der Waals surface area (Å²) in [5.74, 6) is 1.63. The van der Waals surface area contributed by atoms with Crippen molar-refractivity contribution in [2.75, 3.05) is 11.1 Å². The monoisotopic (exact) mass is 566 g/mol. The van der Waals surface area contributed by atoms with E-state index in [4.69, 9.17) is 4.42 Å². The fourth-order valence-electron chi connectivity index (χ4n) is 2.81. The minimum Gasteiger partial charge on any atom is -0.467 e. The van der Waals surface area contributed by atoms with Crippen LogP contribution >= 0.6 is 55.0 Å². The first kappa shape index (κ1) is 21.4. The van der Waals surface area contributed by atoms with Crippen molar-refractivity contribution in [3.05, 3.63) is 68.3 Å². The second-order valence-electron chi connectivity index (χ2n) is 6.39. The van der Waals surface area contributed by atoms with Gasteiger partial charge in [-0.2, -0.15) is 0 Å². The van der Waals surface area contributed by atoms with Gasteiger partial charge < -0.3 is 9.73 Å². The highest BCUT2D eigenvalue weighted by Crippen LogP contribution is 2.33. The molecule has 1 amide bonds. The first-order chi connectivity index (χ1) is 14.5. The van der Waals surface area contributed by atoms with Crippen LogP contribution in [0.15, 0.2) is 66.6 Å². The third-order valence-corrected chi connectivity index (χ3v) is 7.22. The third kappa shape index (κ3) is 4.88. The maximum absolute atomic E-state index is 12.6. The normalized spacial score (nSPS) is 11.0. The van der Waals surface area contributed by atoms with E-state index in [1.165, 1.54) is 11.8 Å². The summed E-state index contributed by atoms with van der Waals surface area (Å²) in [4.78, 5) is 13.6. The summed E-state index contributed by atoms with van der Waals surface area (Å²) in [6.07, 6.45) is 1.64. The number of anilines is 1. The molecule has 154 valence electrons. The average molecular weight is 568 g/mol. The van der Waals surface area contributed by atoms with Gasteiger partial charge in [0.2, 0.25) is 5.91 Å². The summed E-state index contributed by atoms with van der Waals surface area (Å²) >= 11 is 9.94.